The summed E-state index contributed by atoms with van der Waals surface area (Å²) in [6, 6.07) is 6.10. The maximum absolute atomic E-state index is 11.9. The maximum atomic E-state index is 11.9. The number of nitrogens with zero attached hydrogens (tertiary/aromatic N) is 2. The Morgan fingerprint density at radius 2 is 1.89 bits per heavy atom. The minimum absolute atomic E-state index is 0.567. The van der Waals surface area contributed by atoms with Crippen molar-refractivity contribution in [3.05, 3.63) is 23.8 Å². The van der Waals surface area contributed by atoms with Crippen LogP contribution >= 0.6 is 0 Å². The Kier molecular flexibility index (Phi) is 3.14. The van der Waals surface area contributed by atoms with E-state index in [1.807, 2.05) is 18.2 Å². The van der Waals surface area contributed by atoms with Crippen molar-refractivity contribution in [1.29, 1.82) is 0 Å². The van der Waals surface area contributed by atoms with Gasteiger partial charge < -0.3 is 10.2 Å². The van der Waals surface area contributed by atoms with E-state index in [9.17, 15) is 8.42 Å². The first-order chi connectivity index (χ1) is 9.07. The van der Waals surface area contributed by atoms with Crippen LogP contribution in [0.15, 0.2) is 18.2 Å². The van der Waals surface area contributed by atoms with Crippen LogP contribution in [-0.4, -0.2) is 47.4 Å². The van der Waals surface area contributed by atoms with Crippen LogP contribution in [0.3, 0.4) is 0 Å². The van der Waals surface area contributed by atoms with Gasteiger partial charge in [-0.1, -0.05) is 12.1 Å². The molecule has 0 radical (unpaired) electrons. The lowest BCUT2D eigenvalue weighted by molar-refractivity contribution is 0.588. The molecule has 3 rings (SSSR count). The number of fused-ring (bicyclic) bond motifs is 1. The van der Waals surface area contributed by atoms with Crippen molar-refractivity contribution in [3.8, 4) is 0 Å². The molecule has 0 aromatic heterocycles. The first kappa shape index (κ1) is 12.7. The first-order valence-electron chi connectivity index (χ1n) is 6.62. The first-order valence-corrected chi connectivity index (χ1v) is 8.47. The molecule has 0 spiro atoms. The summed E-state index contributed by atoms with van der Waals surface area (Å²) in [7, 11) is -3.19. The van der Waals surface area contributed by atoms with E-state index in [0.29, 0.717) is 6.54 Å². The van der Waals surface area contributed by atoms with Crippen molar-refractivity contribution in [2.24, 2.45) is 0 Å². The molecule has 0 bridgehead atoms. The van der Waals surface area contributed by atoms with Gasteiger partial charge in [0.2, 0.25) is 10.0 Å². The maximum Gasteiger partial charge on any atom is 0.232 e. The van der Waals surface area contributed by atoms with Gasteiger partial charge in [-0.25, -0.2) is 8.42 Å². The lowest BCUT2D eigenvalue weighted by Gasteiger charge is -2.32. The van der Waals surface area contributed by atoms with Gasteiger partial charge in [-0.3, -0.25) is 4.31 Å². The van der Waals surface area contributed by atoms with Gasteiger partial charge in [-0.05, 0) is 18.1 Å². The van der Waals surface area contributed by atoms with Crippen molar-refractivity contribution in [2.75, 3.05) is 48.2 Å². The van der Waals surface area contributed by atoms with Crippen LogP contribution < -0.4 is 14.5 Å². The fourth-order valence-corrected chi connectivity index (χ4v) is 3.86. The van der Waals surface area contributed by atoms with Gasteiger partial charge in [0.15, 0.2) is 0 Å². The number of benzene rings is 1. The monoisotopic (exact) mass is 281 g/mol. The third kappa shape index (κ3) is 2.30. The highest BCUT2D eigenvalue weighted by Crippen LogP contribution is 2.39. The lowest BCUT2D eigenvalue weighted by atomic mass is 10.1. The second-order valence-electron chi connectivity index (χ2n) is 5.11. The number of rotatable bonds is 2. The molecular formula is C13H19N3O2S. The molecule has 1 aromatic rings. The average Bonchev–Trinajstić information content (AvgIpc) is 2.83. The second kappa shape index (κ2) is 4.68. The topological polar surface area (TPSA) is 52.7 Å². The van der Waals surface area contributed by atoms with Crippen LogP contribution in [0.2, 0.25) is 0 Å². The normalized spacial score (nSPS) is 19.6. The van der Waals surface area contributed by atoms with E-state index in [2.05, 4.69) is 10.2 Å². The quantitative estimate of drug-likeness (QED) is 0.853. The summed E-state index contributed by atoms with van der Waals surface area (Å²) in [4.78, 5) is 2.28. The molecule has 0 atom stereocenters. The minimum atomic E-state index is -3.19. The molecule has 19 heavy (non-hydrogen) atoms. The second-order valence-corrected chi connectivity index (χ2v) is 7.01. The summed E-state index contributed by atoms with van der Waals surface area (Å²) >= 11 is 0. The zero-order valence-electron chi connectivity index (χ0n) is 11.1. The predicted molar refractivity (Wildman–Crippen MR) is 77.4 cm³/mol. The van der Waals surface area contributed by atoms with Gasteiger partial charge in [-0.15, -0.1) is 0 Å². The summed E-state index contributed by atoms with van der Waals surface area (Å²) in [5, 5.41) is 3.32. The van der Waals surface area contributed by atoms with E-state index < -0.39 is 10.0 Å². The zero-order valence-corrected chi connectivity index (χ0v) is 11.9. The number of hydrogen-bond donors (Lipinski definition) is 1. The zero-order chi connectivity index (χ0) is 13.5. The van der Waals surface area contributed by atoms with E-state index in [0.717, 1.165) is 49.5 Å². The molecule has 0 aliphatic carbocycles. The molecular weight excluding hydrogens is 262 g/mol. The van der Waals surface area contributed by atoms with Crippen LogP contribution in [-0.2, 0) is 16.4 Å². The smallest absolute Gasteiger partial charge is 0.232 e. The molecule has 1 fully saturated rings. The van der Waals surface area contributed by atoms with Gasteiger partial charge in [-0.2, -0.15) is 0 Å². The van der Waals surface area contributed by atoms with E-state index in [1.165, 1.54) is 6.26 Å². The Hall–Kier alpha value is -1.27. The fraction of sp³-hybridized carbons (Fsp3) is 0.538. The van der Waals surface area contributed by atoms with Crippen LogP contribution in [0, 0.1) is 0 Å². The van der Waals surface area contributed by atoms with Crippen LogP contribution in [0.4, 0.5) is 11.4 Å². The highest BCUT2D eigenvalue weighted by molar-refractivity contribution is 7.92. The summed E-state index contributed by atoms with van der Waals surface area (Å²) in [5.41, 5.74) is 3.09. The highest BCUT2D eigenvalue weighted by Gasteiger charge is 2.30. The highest BCUT2D eigenvalue weighted by atomic mass is 32.2. The fourth-order valence-electron chi connectivity index (χ4n) is 2.89. The van der Waals surface area contributed by atoms with Crippen LogP contribution in [0.5, 0.6) is 0 Å². The van der Waals surface area contributed by atoms with Gasteiger partial charge in [0.1, 0.15) is 0 Å². The summed E-state index contributed by atoms with van der Waals surface area (Å²) in [5.74, 6) is 0. The molecule has 2 heterocycles. The molecule has 0 unspecified atom stereocenters. The van der Waals surface area contributed by atoms with E-state index in [1.54, 1.807) is 4.31 Å². The Morgan fingerprint density at radius 1 is 1.16 bits per heavy atom. The Bertz CT molecular complexity index is 580. The molecule has 5 nitrogen and oxygen atoms in total. The van der Waals surface area contributed by atoms with E-state index >= 15 is 0 Å². The predicted octanol–water partition coefficient (Wildman–Crippen LogP) is 0.418. The van der Waals surface area contributed by atoms with Gasteiger partial charge >= 0.3 is 0 Å². The van der Waals surface area contributed by atoms with Crippen LogP contribution in [0.1, 0.15) is 5.56 Å². The SMILES string of the molecule is CS(=O)(=O)N1CCc2cccc(N3CCNCC3)c21. The molecule has 104 valence electrons. The molecule has 6 heteroatoms. The Balaban J connectivity index is 2.05. The standard InChI is InChI=1S/C13H19N3O2S/c1-19(17,18)16-8-5-11-3-2-4-12(13(11)16)15-9-6-14-7-10-15/h2-4,14H,5-10H2,1H3. The molecule has 0 saturated carbocycles. The van der Waals surface area contributed by atoms with Crippen LogP contribution in [0.25, 0.3) is 0 Å². The van der Waals surface area contributed by atoms with Gasteiger partial charge in [0, 0.05) is 32.7 Å². The summed E-state index contributed by atoms with van der Waals surface area (Å²) < 4.78 is 25.4. The molecule has 2 aliphatic rings. The lowest BCUT2D eigenvalue weighted by Crippen LogP contribution is -2.44. The van der Waals surface area contributed by atoms with Crippen molar-refractivity contribution in [3.63, 3.8) is 0 Å². The number of piperazine rings is 1. The Labute approximate surface area is 114 Å². The largest absolute Gasteiger partial charge is 0.367 e. The number of hydrogen-bond acceptors (Lipinski definition) is 4. The van der Waals surface area contributed by atoms with Crippen molar-refractivity contribution < 1.29 is 8.42 Å². The van der Waals surface area contributed by atoms with Crippen molar-refractivity contribution in [1.82, 2.24) is 5.32 Å². The van der Waals surface area contributed by atoms with E-state index in [4.69, 9.17) is 0 Å². The molecule has 0 amide bonds. The average molecular weight is 281 g/mol. The third-order valence-electron chi connectivity index (χ3n) is 3.79. The molecule has 1 saturated heterocycles. The molecule has 1 N–H and O–H groups in total. The van der Waals surface area contributed by atoms with E-state index in [-0.39, 0.29) is 0 Å². The summed E-state index contributed by atoms with van der Waals surface area (Å²) in [6.07, 6.45) is 2.10. The Morgan fingerprint density at radius 3 is 2.58 bits per heavy atom. The number of anilines is 2. The molecule has 1 aromatic carbocycles. The van der Waals surface area contributed by atoms with Gasteiger partial charge in [0.25, 0.3) is 0 Å². The summed E-state index contributed by atoms with van der Waals surface area (Å²) in [6.45, 7) is 4.31. The van der Waals surface area contributed by atoms with Crippen molar-refractivity contribution >= 4 is 21.4 Å². The minimum Gasteiger partial charge on any atom is -0.367 e. The number of para-hydroxylation sites is 1. The van der Waals surface area contributed by atoms with Gasteiger partial charge in [0.05, 0.1) is 17.6 Å². The third-order valence-corrected chi connectivity index (χ3v) is 4.96. The number of sulfonamides is 1. The molecule has 2 aliphatic heterocycles. The van der Waals surface area contributed by atoms with Crippen molar-refractivity contribution in [2.45, 2.75) is 6.42 Å². The number of nitrogens with one attached hydrogen (secondary N) is 1.